The molecule has 30 rings (SSSR count). The first-order valence-electron chi connectivity index (χ1n) is 27.1. The lowest BCUT2D eigenvalue weighted by Gasteiger charge is -2.48. The van der Waals surface area contributed by atoms with Gasteiger partial charge in [-0.25, -0.2) is 28.8 Å². The molecule has 36 nitrogen and oxygen atoms in total. The summed E-state index contributed by atoms with van der Waals surface area (Å²) in [6, 6.07) is 0. The standard InChI is InChI=1S/C48H60O36/c49-19(50)7-67-37-31-25-13(1-61-31)73-43(37)80-26-14-2-62-32(26)39(69-9-21(53)54)45(75-14)82-28-16-4-64-34(28)41(71-11-23(57)58)47(77-16)84-30-18-6-66-36(30)42(72-12-24(59)60)48(78-18)83-29-17-5-65-35(29)40(70-10-22(55)56)46(76-17)81-27-15-3-63-33(27)38(44(74-15)79-25)68-8-20(51)52/h13-18,25-48H,1-12H2,(H,49,50)(H,51,52)(H,53,54)(H,55,56)(H,57,58)(H,59,60)/t13-,14-,15-,16-,17-,18-,25-,26-,27-,28-,29-,30-,31+,32+,33+,34+,35+,36+,37-,38-,39-,40-,41-,42-,43-,44-,45-,46-,47-,48-/m1/s1. The maximum Gasteiger partial charge on any atom is 0.329 e. The average molecular weight is 1210 g/mol. The molecule has 30 aliphatic heterocycles. The molecule has 24 bridgehead atoms. The van der Waals surface area contributed by atoms with E-state index >= 15 is 0 Å². The van der Waals surface area contributed by atoms with Gasteiger partial charge in [0.2, 0.25) is 0 Å². The molecule has 0 aliphatic carbocycles. The quantitative estimate of drug-likeness (QED) is 0.0744. The Balaban J connectivity index is 0.841. The molecule has 30 atom stereocenters. The number of aliphatic carboxylic acids is 6. The van der Waals surface area contributed by atoms with E-state index < -0.39 is 260 Å². The van der Waals surface area contributed by atoms with Crippen molar-refractivity contribution in [2.24, 2.45) is 0 Å². The Morgan fingerprint density at radius 2 is 0.381 bits per heavy atom. The molecule has 0 aromatic heterocycles. The molecular weight excluding hydrogens is 1150 g/mol. The van der Waals surface area contributed by atoms with Gasteiger partial charge in [0.15, 0.2) is 37.7 Å². The average Bonchev–Trinajstić information content (AvgIpc) is 2.31. The van der Waals surface area contributed by atoms with Crippen molar-refractivity contribution >= 4 is 35.8 Å². The number of hydrogen-bond acceptors (Lipinski definition) is 30. The summed E-state index contributed by atoms with van der Waals surface area (Å²) in [5, 5.41) is 59.0. The molecule has 0 saturated carbocycles. The third-order valence-electron chi connectivity index (χ3n) is 16.4. The minimum Gasteiger partial charge on any atom is -0.480 e. The highest BCUT2D eigenvalue weighted by Gasteiger charge is 2.66. The molecule has 30 fully saturated rings. The lowest BCUT2D eigenvalue weighted by Crippen LogP contribution is -2.65. The summed E-state index contributed by atoms with van der Waals surface area (Å²) >= 11 is 0. The minimum atomic E-state index is -1.46. The zero-order chi connectivity index (χ0) is 58.2. The fourth-order valence-corrected chi connectivity index (χ4v) is 13.1. The molecule has 36 heteroatoms. The van der Waals surface area contributed by atoms with Crippen LogP contribution in [0.25, 0.3) is 0 Å². The molecule has 0 amide bonds. The Bertz CT molecular complexity index is 2020. The van der Waals surface area contributed by atoms with Crippen LogP contribution in [0.5, 0.6) is 0 Å². The number of carbonyl (C=O) groups is 6. The Labute approximate surface area is 471 Å². The SMILES string of the molecule is O=C(O)CO[C@H]1[C@H]2O[C@H]3[C@@H]4OC[C@H]3O[C@H](O[C@H]3[C@@H]5OC[C@H]3O[C@H](O[C@H]3[C@@H]6OC[C@H]3O[C@H](O[C@H]3[C@@H]7OC[C@H]3O[C@H](O[C@H]3[C@@H]8OC[C@H]3O[C@H](O[C@H]3[C@@H]1OC[C@H]3O2)[C@@H]8OCC(=O)O)[C@@H]7OCC(=O)O)[C@@H]6OCC(=O)O)[C@@H]5OCC(=O)O)[C@@H]4OCC(=O)O. The summed E-state index contributed by atoms with van der Waals surface area (Å²) < 4.78 is 150. The third kappa shape index (κ3) is 11.5. The van der Waals surface area contributed by atoms with Crippen LogP contribution in [-0.4, -0.2) is 330 Å². The summed E-state index contributed by atoms with van der Waals surface area (Å²) in [5.41, 5.74) is 0. The van der Waals surface area contributed by atoms with Crippen LogP contribution in [0.3, 0.4) is 0 Å². The van der Waals surface area contributed by atoms with Gasteiger partial charge in [0.1, 0.15) is 186 Å². The van der Waals surface area contributed by atoms with E-state index in [9.17, 15) is 59.4 Å². The van der Waals surface area contributed by atoms with Crippen molar-refractivity contribution in [1.82, 2.24) is 0 Å². The van der Waals surface area contributed by atoms with Crippen LogP contribution in [0.15, 0.2) is 0 Å². The largest absolute Gasteiger partial charge is 0.480 e. The van der Waals surface area contributed by atoms with Crippen LogP contribution in [0, 0.1) is 0 Å². The summed E-state index contributed by atoms with van der Waals surface area (Å²) in [7, 11) is 0. The molecular formula is C48H60O36. The molecule has 30 saturated heterocycles. The van der Waals surface area contributed by atoms with Gasteiger partial charge in [0.25, 0.3) is 0 Å². The molecule has 30 heterocycles. The van der Waals surface area contributed by atoms with Gasteiger partial charge in [-0.3, -0.25) is 0 Å². The number of ether oxygens (including phenoxy) is 24. The summed E-state index contributed by atoms with van der Waals surface area (Å²) in [4.78, 5) is 72.4. The predicted octanol–water partition coefficient (Wildman–Crippen LogP) is -6.13. The third-order valence-corrected chi connectivity index (χ3v) is 16.4. The fourth-order valence-electron chi connectivity index (χ4n) is 13.1. The highest BCUT2D eigenvalue weighted by molar-refractivity contribution is 5.69. The smallest absolute Gasteiger partial charge is 0.329 e. The molecule has 0 unspecified atom stereocenters. The molecule has 30 aliphatic rings. The molecule has 84 heavy (non-hydrogen) atoms. The molecule has 0 spiro atoms. The number of rotatable bonds is 18. The van der Waals surface area contributed by atoms with E-state index in [-0.39, 0.29) is 39.6 Å². The second-order valence-electron chi connectivity index (χ2n) is 21.7. The van der Waals surface area contributed by atoms with Crippen molar-refractivity contribution in [3.63, 3.8) is 0 Å². The van der Waals surface area contributed by atoms with Gasteiger partial charge >= 0.3 is 35.8 Å². The van der Waals surface area contributed by atoms with Crippen LogP contribution in [-0.2, 0) is 142 Å². The van der Waals surface area contributed by atoms with E-state index in [1.165, 1.54) is 0 Å². The van der Waals surface area contributed by atoms with Crippen LogP contribution >= 0.6 is 0 Å². The lowest BCUT2D eigenvalue weighted by molar-refractivity contribution is -0.373. The fraction of sp³-hybridized carbons (Fsp3) is 0.875. The first-order valence-corrected chi connectivity index (χ1v) is 27.1. The van der Waals surface area contributed by atoms with E-state index in [1.807, 2.05) is 0 Å². The van der Waals surface area contributed by atoms with Crippen molar-refractivity contribution in [3.8, 4) is 0 Å². The maximum atomic E-state index is 12.1. The van der Waals surface area contributed by atoms with Gasteiger partial charge in [-0.05, 0) is 0 Å². The highest BCUT2D eigenvalue weighted by Crippen LogP contribution is 2.47. The van der Waals surface area contributed by atoms with Crippen molar-refractivity contribution in [2.45, 2.75) is 184 Å². The number of hydrogen-bond donors (Lipinski definition) is 6. The lowest BCUT2D eigenvalue weighted by atomic mass is 9.97. The van der Waals surface area contributed by atoms with Gasteiger partial charge in [-0.1, -0.05) is 0 Å². The van der Waals surface area contributed by atoms with Crippen molar-refractivity contribution in [1.29, 1.82) is 0 Å². The Morgan fingerprint density at radius 1 is 0.238 bits per heavy atom. The normalized spacial score (nSPS) is 48.7. The van der Waals surface area contributed by atoms with Gasteiger partial charge in [0, 0.05) is 0 Å². The molecule has 0 radical (unpaired) electrons. The van der Waals surface area contributed by atoms with Gasteiger partial charge < -0.3 is 144 Å². The molecule has 468 valence electrons. The van der Waals surface area contributed by atoms with Crippen LogP contribution in [0.1, 0.15) is 0 Å². The molecule has 0 aromatic rings. The zero-order valence-electron chi connectivity index (χ0n) is 43.7. The minimum absolute atomic E-state index is 0.170. The second-order valence-corrected chi connectivity index (χ2v) is 21.7. The van der Waals surface area contributed by atoms with Gasteiger partial charge in [0.05, 0.1) is 39.6 Å². The van der Waals surface area contributed by atoms with Crippen molar-refractivity contribution in [2.75, 3.05) is 79.3 Å². The highest BCUT2D eigenvalue weighted by atomic mass is 16.8. The number of carboxylic acids is 6. The first kappa shape index (κ1) is 58.9. The van der Waals surface area contributed by atoms with Crippen LogP contribution in [0.2, 0.25) is 0 Å². The van der Waals surface area contributed by atoms with Gasteiger partial charge in [-0.15, -0.1) is 0 Å². The van der Waals surface area contributed by atoms with Crippen molar-refractivity contribution < 1.29 is 173 Å². The Hall–Kier alpha value is -4.14. The number of carboxylic acid groups (broad SMARTS) is 6. The van der Waals surface area contributed by atoms with Gasteiger partial charge in [-0.2, -0.15) is 0 Å². The van der Waals surface area contributed by atoms with Crippen LogP contribution in [0.4, 0.5) is 0 Å². The first-order chi connectivity index (χ1) is 40.5. The Kier molecular flexibility index (Phi) is 17.1. The Morgan fingerprint density at radius 3 is 0.512 bits per heavy atom. The topological polar surface area (TPSA) is 445 Å². The summed E-state index contributed by atoms with van der Waals surface area (Å²) in [6.45, 7) is -6.35. The molecule has 0 aromatic carbocycles. The maximum absolute atomic E-state index is 12.1. The second kappa shape index (κ2) is 24.4. The summed E-state index contributed by atoms with van der Waals surface area (Å²) in [6.07, 6.45) is -37.2. The molecule has 6 N–H and O–H groups in total. The van der Waals surface area contributed by atoms with E-state index in [4.69, 9.17) is 114 Å². The van der Waals surface area contributed by atoms with Crippen LogP contribution < -0.4 is 0 Å². The predicted molar refractivity (Wildman–Crippen MR) is 244 cm³/mol. The van der Waals surface area contributed by atoms with Crippen molar-refractivity contribution in [3.05, 3.63) is 0 Å². The monoisotopic (exact) mass is 1210 g/mol. The zero-order valence-corrected chi connectivity index (χ0v) is 43.7. The van der Waals surface area contributed by atoms with E-state index in [2.05, 4.69) is 0 Å². The summed E-state index contributed by atoms with van der Waals surface area (Å²) in [5.74, 6) is -8.28. The van der Waals surface area contributed by atoms with E-state index in [0.29, 0.717) is 0 Å². The van der Waals surface area contributed by atoms with E-state index in [1.54, 1.807) is 0 Å². The van der Waals surface area contributed by atoms with E-state index in [0.717, 1.165) is 0 Å².